The molecule has 0 fully saturated rings. The van der Waals surface area contributed by atoms with Crippen LogP contribution in [0.5, 0.6) is 5.75 Å². The van der Waals surface area contributed by atoms with E-state index in [1.165, 1.54) is 12.1 Å². The summed E-state index contributed by atoms with van der Waals surface area (Å²) in [5.74, 6) is -5.08. The molecule has 0 radical (unpaired) electrons. The fourth-order valence-electron chi connectivity index (χ4n) is 1.19. The molecule has 0 saturated heterocycles. The maximum Gasteiger partial charge on any atom is 0.349 e. The van der Waals surface area contributed by atoms with Crippen LogP contribution in [0.3, 0.4) is 0 Å². The number of amides is 1. The van der Waals surface area contributed by atoms with Gasteiger partial charge in [0.05, 0.1) is 0 Å². The third kappa shape index (κ3) is 3.39. The predicted molar refractivity (Wildman–Crippen MR) is 59.0 cm³/mol. The van der Waals surface area contributed by atoms with Gasteiger partial charge >= 0.3 is 5.92 Å². The van der Waals surface area contributed by atoms with Crippen LogP contribution in [0.25, 0.3) is 0 Å². The molecule has 4 nitrogen and oxygen atoms in total. The molecule has 0 atom stereocenters. The number of nitrogens with two attached hydrogens (primary N) is 1. The van der Waals surface area contributed by atoms with Crippen LogP contribution in [0.4, 0.5) is 8.78 Å². The Kier molecular flexibility index (Phi) is 4.39. The van der Waals surface area contributed by atoms with Crippen molar-refractivity contribution in [2.24, 2.45) is 5.73 Å². The number of nitrogens with one attached hydrogen (secondary N) is 1. The lowest BCUT2D eigenvalue weighted by Crippen LogP contribution is -2.32. The minimum Gasteiger partial charge on any atom is -0.492 e. The monoisotopic (exact) mass is 244 g/mol. The molecular formula is C11H14F2N2O2. The molecule has 0 aromatic heterocycles. The van der Waals surface area contributed by atoms with Crippen molar-refractivity contribution in [3.05, 3.63) is 29.8 Å². The Morgan fingerprint density at radius 1 is 1.53 bits per heavy atom. The highest BCUT2D eigenvalue weighted by Gasteiger charge is 2.38. The van der Waals surface area contributed by atoms with E-state index >= 15 is 0 Å². The Balaban J connectivity index is 2.82. The van der Waals surface area contributed by atoms with Crippen molar-refractivity contribution in [2.45, 2.75) is 5.92 Å². The Hall–Kier alpha value is -1.69. The molecule has 0 spiro atoms. The lowest BCUT2D eigenvalue weighted by molar-refractivity contribution is -0.143. The standard InChI is InChI=1S/C11H14F2N2O2/c1-15-5-6-17-9-4-2-3-8(7-9)11(12,13)10(14)16/h2-4,7,15H,5-6H2,1H3,(H2,14,16). The van der Waals surface area contributed by atoms with Crippen molar-refractivity contribution in [1.29, 1.82) is 0 Å². The number of halogens is 2. The van der Waals surface area contributed by atoms with Crippen LogP contribution < -0.4 is 15.8 Å². The molecule has 1 aromatic carbocycles. The molecule has 1 aromatic rings. The Morgan fingerprint density at radius 2 is 2.24 bits per heavy atom. The average molecular weight is 244 g/mol. The molecule has 1 rings (SSSR count). The quantitative estimate of drug-likeness (QED) is 0.729. The van der Waals surface area contributed by atoms with E-state index in [4.69, 9.17) is 4.74 Å². The van der Waals surface area contributed by atoms with Crippen molar-refractivity contribution in [1.82, 2.24) is 5.32 Å². The average Bonchev–Trinajstić information content (AvgIpc) is 2.29. The molecule has 94 valence electrons. The summed E-state index contributed by atoms with van der Waals surface area (Å²) in [7, 11) is 1.75. The van der Waals surface area contributed by atoms with Crippen molar-refractivity contribution < 1.29 is 18.3 Å². The second-order valence-electron chi connectivity index (χ2n) is 3.42. The summed E-state index contributed by atoms with van der Waals surface area (Å²) in [5, 5.41) is 2.85. The van der Waals surface area contributed by atoms with Gasteiger partial charge in [-0.05, 0) is 19.2 Å². The number of carbonyl (C=O) groups excluding carboxylic acids is 1. The van der Waals surface area contributed by atoms with Crippen LogP contribution in [0, 0.1) is 0 Å². The smallest absolute Gasteiger partial charge is 0.349 e. The van der Waals surface area contributed by atoms with Gasteiger partial charge in [0.15, 0.2) is 0 Å². The molecule has 17 heavy (non-hydrogen) atoms. The van der Waals surface area contributed by atoms with Gasteiger partial charge in [-0.3, -0.25) is 4.79 Å². The van der Waals surface area contributed by atoms with Crippen molar-refractivity contribution >= 4 is 5.91 Å². The summed E-state index contributed by atoms with van der Waals surface area (Å²) in [6.07, 6.45) is 0. The van der Waals surface area contributed by atoms with Crippen molar-refractivity contribution in [3.63, 3.8) is 0 Å². The highest BCUT2D eigenvalue weighted by atomic mass is 19.3. The topological polar surface area (TPSA) is 64.3 Å². The first kappa shape index (κ1) is 13.4. The molecule has 0 unspecified atom stereocenters. The number of ether oxygens (including phenoxy) is 1. The molecule has 0 saturated carbocycles. The summed E-state index contributed by atoms with van der Waals surface area (Å²) in [6, 6.07) is 5.17. The summed E-state index contributed by atoms with van der Waals surface area (Å²) >= 11 is 0. The normalized spacial score (nSPS) is 11.2. The zero-order chi connectivity index (χ0) is 12.9. The molecule has 0 bridgehead atoms. The molecule has 0 aliphatic heterocycles. The highest BCUT2D eigenvalue weighted by Crippen LogP contribution is 2.29. The van der Waals surface area contributed by atoms with Crippen LogP contribution in [0.15, 0.2) is 24.3 Å². The first-order chi connectivity index (χ1) is 7.98. The predicted octanol–water partition coefficient (Wildman–Crippen LogP) is 0.862. The molecular weight excluding hydrogens is 230 g/mol. The van der Waals surface area contributed by atoms with E-state index in [-0.39, 0.29) is 5.75 Å². The number of carbonyl (C=O) groups is 1. The third-order valence-corrected chi connectivity index (χ3v) is 2.13. The fourth-order valence-corrected chi connectivity index (χ4v) is 1.19. The van der Waals surface area contributed by atoms with E-state index in [9.17, 15) is 13.6 Å². The molecule has 6 heteroatoms. The van der Waals surface area contributed by atoms with Gasteiger partial charge in [-0.25, -0.2) is 0 Å². The lowest BCUT2D eigenvalue weighted by Gasteiger charge is -2.14. The zero-order valence-corrected chi connectivity index (χ0v) is 9.37. The van der Waals surface area contributed by atoms with Gasteiger partial charge < -0.3 is 15.8 Å². The van der Waals surface area contributed by atoms with Gasteiger partial charge in [0.1, 0.15) is 12.4 Å². The van der Waals surface area contributed by atoms with E-state index in [0.29, 0.717) is 13.2 Å². The second-order valence-corrected chi connectivity index (χ2v) is 3.42. The fraction of sp³-hybridized carbons (Fsp3) is 0.364. The van der Waals surface area contributed by atoms with Gasteiger partial charge in [-0.1, -0.05) is 12.1 Å². The van der Waals surface area contributed by atoms with Gasteiger partial charge in [-0.2, -0.15) is 8.78 Å². The minimum atomic E-state index is -3.68. The van der Waals surface area contributed by atoms with Gasteiger partial charge in [-0.15, -0.1) is 0 Å². The van der Waals surface area contributed by atoms with Gasteiger partial charge in [0.25, 0.3) is 5.91 Å². The number of alkyl halides is 2. The number of rotatable bonds is 6. The number of hydrogen-bond donors (Lipinski definition) is 2. The summed E-state index contributed by atoms with van der Waals surface area (Å²) in [5.41, 5.74) is 4.17. The van der Waals surface area contributed by atoms with Gasteiger partial charge in [0, 0.05) is 12.1 Å². The lowest BCUT2D eigenvalue weighted by atomic mass is 10.1. The summed E-state index contributed by atoms with van der Waals surface area (Å²) in [6.45, 7) is 0.943. The van der Waals surface area contributed by atoms with Crippen LogP contribution in [0.2, 0.25) is 0 Å². The first-order valence-corrected chi connectivity index (χ1v) is 5.04. The van der Waals surface area contributed by atoms with Crippen LogP contribution >= 0.6 is 0 Å². The highest BCUT2D eigenvalue weighted by molar-refractivity contribution is 5.83. The summed E-state index contributed by atoms with van der Waals surface area (Å²) < 4.78 is 31.8. The number of primary amides is 1. The molecule has 0 aliphatic carbocycles. The maximum atomic E-state index is 13.3. The number of hydrogen-bond acceptors (Lipinski definition) is 3. The Bertz CT molecular complexity index is 397. The zero-order valence-electron chi connectivity index (χ0n) is 9.37. The van der Waals surface area contributed by atoms with E-state index in [0.717, 1.165) is 12.1 Å². The van der Waals surface area contributed by atoms with Crippen LogP contribution in [-0.4, -0.2) is 26.1 Å². The Morgan fingerprint density at radius 3 is 2.82 bits per heavy atom. The first-order valence-electron chi connectivity index (χ1n) is 5.04. The summed E-state index contributed by atoms with van der Waals surface area (Å²) in [4.78, 5) is 10.6. The third-order valence-electron chi connectivity index (χ3n) is 2.13. The van der Waals surface area contributed by atoms with E-state index in [1.807, 2.05) is 0 Å². The SMILES string of the molecule is CNCCOc1cccc(C(F)(F)C(N)=O)c1. The molecule has 1 amide bonds. The molecule has 0 aliphatic rings. The second kappa shape index (κ2) is 5.58. The van der Waals surface area contributed by atoms with Gasteiger partial charge in [0.2, 0.25) is 0 Å². The van der Waals surface area contributed by atoms with Crippen LogP contribution in [-0.2, 0) is 10.7 Å². The van der Waals surface area contributed by atoms with E-state index in [2.05, 4.69) is 11.1 Å². The van der Waals surface area contributed by atoms with Crippen molar-refractivity contribution in [2.75, 3.05) is 20.2 Å². The van der Waals surface area contributed by atoms with Crippen molar-refractivity contribution in [3.8, 4) is 5.75 Å². The van der Waals surface area contributed by atoms with Crippen LogP contribution in [0.1, 0.15) is 5.56 Å². The Labute approximate surface area is 97.8 Å². The van der Waals surface area contributed by atoms with E-state index < -0.39 is 17.4 Å². The van der Waals surface area contributed by atoms with E-state index in [1.54, 1.807) is 7.05 Å². The maximum absolute atomic E-state index is 13.3. The molecule has 0 heterocycles. The minimum absolute atomic E-state index is 0.277. The molecule has 3 N–H and O–H groups in total. The number of likely N-dealkylation sites (N-methyl/N-ethyl adjacent to an activating group) is 1. The number of benzene rings is 1. The largest absolute Gasteiger partial charge is 0.492 e.